The first-order valence-electron chi connectivity index (χ1n) is 8.26. The van der Waals surface area contributed by atoms with Gasteiger partial charge in [-0.2, -0.15) is 0 Å². The second-order valence-corrected chi connectivity index (χ2v) is 5.92. The van der Waals surface area contributed by atoms with Crippen molar-refractivity contribution in [3.63, 3.8) is 0 Å². The third-order valence-electron chi connectivity index (χ3n) is 4.09. The number of nitrogens with zero attached hydrogens (tertiary/aromatic N) is 3. The molecule has 28 heavy (non-hydrogen) atoms. The number of aliphatic imine (C=N–C) groups is 1. The van der Waals surface area contributed by atoms with E-state index in [4.69, 9.17) is 0 Å². The minimum atomic E-state index is -0.977. The van der Waals surface area contributed by atoms with Gasteiger partial charge < -0.3 is 5.11 Å². The fraction of sp³-hybridized carbons (Fsp3) is 0.0500. The summed E-state index contributed by atoms with van der Waals surface area (Å²) in [6.07, 6.45) is 1.34. The van der Waals surface area contributed by atoms with Crippen molar-refractivity contribution >= 4 is 17.6 Å². The van der Waals surface area contributed by atoms with E-state index >= 15 is 0 Å². The number of rotatable bonds is 6. The molecule has 0 aromatic heterocycles. The molecule has 0 unspecified atom stereocenters. The first-order valence-corrected chi connectivity index (χ1v) is 8.26. The third-order valence-corrected chi connectivity index (χ3v) is 4.09. The van der Waals surface area contributed by atoms with Gasteiger partial charge in [0.25, 0.3) is 5.75 Å². The maximum absolute atomic E-state index is 11.1. The number of nitro benzene ring substituents is 2. The van der Waals surface area contributed by atoms with Gasteiger partial charge >= 0.3 is 11.4 Å². The van der Waals surface area contributed by atoms with Crippen LogP contribution < -0.4 is 0 Å². The van der Waals surface area contributed by atoms with Crippen LogP contribution in [0.2, 0.25) is 0 Å². The number of phenolic OH excluding ortho intramolecular Hbond substituents is 1. The molecule has 0 radical (unpaired) electrons. The van der Waals surface area contributed by atoms with Gasteiger partial charge in [-0.15, -0.1) is 0 Å². The van der Waals surface area contributed by atoms with E-state index in [0.717, 1.165) is 23.3 Å². The zero-order chi connectivity index (χ0) is 20.1. The minimum Gasteiger partial charge on any atom is -0.497 e. The lowest BCUT2D eigenvalue weighted by Crippen LogP contribution is -2.00. The van der Waals surface area contributed by atoms with Crippen LogP contribution in [0, 0.1) is 20.2 Å². The van der Waals surface area contributed by atoms with Gasteiger partial charge in [-0.1, -0.05) is 60.7 Å². The molecule has 8 heteroatoms. The van der Waals surface area contributed by atoms with Gasteiger partial charge in [-0.3, -0.25) is 25.2 Å². The summed E-state index contributed by atoms with van der Waals surface area (Å²) in [4.78, 5) is 25.0. The van der Waals surface area contributed by atoms with Gasteiger partial charge in [0.05, 0.1) is 15.9 Å². The molecule has 0 amide bonds. The summed E-state index contributed by atoms with van der Waals surface area (Å²) in [7, 11) is 0. The molecule has 0 saturated carbocycles. The molecular weight excluding hydrogens is 362 g/mol. The van der Waals surface area contributed by atoms with Crippen molar-refractivity contribution in [3.05, 3.63) is 110 Å². The molecule has 0 saturated heterocycles. The Balaban J connectivity index is 2.06. The lowest BCUT2D eigenvalue weighted by atomic mass is 9.99. The molecule has 0 spiro atoms. The topological polar surface area (TPSA) is 119 Å². The maximum Gasteiger partial charge on any atom is 0.318 e. The van der Waals surface area contributed by atoms with Crippen LogP contribution >= 0.6 is 0 Å². The highest BCUT2D eigenvalue weighted by Crippen LogP contribution is 2.36. The van der Waals surface area contributed by atoms with E-state index in [2.05, 4.69) is 4.99 Å². The Bertz CT molecular complexity index is 962. The second-order valence-electron chi connectivity index (χ2n) is 5.92. The predicted octanol–water partition coefficient (Wildman–Crippen LogP) is 4.42. The van der Waals surface area contributed by atoms with Crippen LogP contribution in [-0.4, -0.2) is 21.2 Å². The van der Waals surface area contributed by atoms with Crippen LogP contribution in [0.4, 0.5) is 11.4 Å². The van der Waals surface area contributed by atoms with Crippen molar-refractivity contribution in [1.29, 1.82) is 0 Å². The number of hydrogen-bond donors (Lipinski definition) is 1. The molecule has 8 nitrogen and oxygen atoms in total. The van der Waals surface area contributed by atoms with E-state index in [1.807, 2.05) is 60.7 Å². The summed E-state index contributed by atoms with van der Waals surface area (Å²) in [6.45, 7) is 0. The molecule has 0 aliphatic heterocycles. The van der Waals surface area contributed by atoms with Crippen molar-refractivity contribution in [2.45, 2.75) is 6.04 Å². The first-order chi connectivity index (χ1) is 13.5. The lowest BCUT2D eigenvalue weighted by Gasteiger charge is -2.13. The van der Waals surface area contributed by atoms with Gasteiger partial charge in [0.1, 0.15) is 0 Å². The van der Waals surface area contributed by atoms with Gasteiger partial charge in [0.15, 0.2) is 0 Å². The van der Waals surface area contributed by atoms with Gasteiger partial charge in [-0.05, 0) is 11.1 Å². The van der Waals surface area contributed by atoms with Crippen molar-refractivity contribution in [1.82, 2.24) is 0 Å². The number of aromatic hydroxyl groups is 1. The summed E-state index contributed by atoms with van der Waals surface area (Å²) < 4.78 is 0. The third kappa shape index (κ3) is 4.01. The quantitative estimate of drug-likeness (QED) is 0.387. The lowest BCUT2D eigenvalue weighted by molar-refractivity contribution is -0.396. The molecule has 0 aliphatic carbocycles. The minimum absolute atomic E-state index is 0.146. The van der Waals surface area contributed by atoms with E-state index < -0.39 is 33.0 Å². The standard InChI is InChI=1S/C20H15N3O5/c24-20-17(22(25)26)11-14(12-18(20)23(27)28)13-21-19(15-7-3-1-4-8-15)16-9-5-2-6-10-16/h1-13,19,24H. The van der Waals surface area contributed by atoms with Crippen molar-refractivity contribution in [3.8, 4) is 5.75 Å². The Morgan fingerprint density at radius 3 is 1.64 bits per heavy atom. The first kappa shape index (κ1) is 18.7. The van der Waals surface area contributed by atoms with E-state index in [1.54, 1.807) is 0 Å². The maximum atomic E-state index is 11.1. The van der Waals surface area contributed by atoms with E-state index in [0.29, 0.717) is 0 Å². The molecule has 0 bridgehead atoms. The number of benzene rings is 3. The smallest absolute Gasteiger partial charge is 0.318 e. The molecule has 140 valence electrons. The summed E-state index contributed by atoms with van der Waals surface area (Å²) >= 11 is 0. The predicted molar refractivity (Wildman–Crippen MR) is 104 cm³/mol. The highest BCUT2D eigenvalue weighted by atomic mass is 16.6. The largest absolute Gasteiger partial charge is 0.497 e. The molecular formula is C20H15N3O5. The van der Waals surface area contributed by atoms with E-state index in [9.17, 15) is 25.3 Å². The van der Waals surface area contributed by atoms with Crippen LogP contribution in [-0.2, 0) is 0 Å². The average molecular weight is 377 g/mol. The Labute approximate surface area is 159 Å². The molecule has 0 heterocycles. The Morgan fingerprint density at radius 1 is 0.821 bits per heavy atom. The molecule has 0 atom stereocenters. The monoisotopic (exact) mass is 377 g/mol. The SMILES string of the molecule is O=[N+]([O-])c1cc(C=NC(c2ccccc2)c2ccccc2)cc([N+](=O)[O-])c1O. The fourth-order valence-corrected chi connectivity index (χ4v) is 2.77. The van der Waals surface area contributed by atoms with Gasteiger partial charge in [-0.25, -0.2) is 0 Å². The molecule has 3 rings (SSSR count). The molecule has 1 N–H and O–H groups in total. The number of hydrogen-bond acceptors (Lipinski definition) is 6. The molecule has 3 aromatic carbocycles. The van der Waals surface area contributed by atoms with Crippen LogP contribution in [0.3, 0.4) is 0 Å². The van der Waals surface area contributed by atoms with E-state index in [-0.39, 0.29) is 5.56 Å². The zero-order valence-electron chi connectivity index (χ0n) is 14.5. The fourth-order valence-electron chi connectivity index (χ4n) is 2.77. The van der Waals surface area contributed by atoms with Crippen LogP contribution in [0.15, 0.2) is 77.8 Å². The summed E-state index contributed by atoms with van der Waals surface area (Å²) in [5, 5.41) is 32.0. The van der Waals surface area contributed by atoms with Crippen molar-refractivity contribution < 1.29 is 15.0 Å². The van der Waals surface area contributed by atoms with Crippen molar-refractivity contribution in [2.24, 2.45) is 4.99 Å². The Hall–Kier alpha value is -4.07. The average Bonchev–Trinajstić information content (AvgIpc) is 2.70. The summed E-state index contributed by atoms with van der Waals surface area (Å²) in [6, 6.07) is 20.6. The highest BCUT2D eigenvalue weighted by molar-refractivity contribution is 5.84. The number of nitro groups is 2. The van der Waals surface area contributed by atoms with Crippen LogP contribution in [0.25, 0.3) is 0 Å². The van der Waals surface area contributed by atoms with Crippen LogP contribution in [0.1, 0.15) is 22.7 Å². The van der Waals surface area contributed by atoms with Crippen LogP contribution in [0.5, 0.6) is 5.75 Å². The molecule has 0 fully saturated rings. The summed E-state index contributed by atoms with van der Waals surface area (Å²) in [5.41, 5.74) is 0.451. The second kappa shape index (κ2) is 8.09. The summed E-state index contributed by atoms with van der Waals surface area (Å²) in [5.74, 6) is -0.977. The highest BCUT2D eigenvalue weighted by Gasteiger charge is 2.26. The van der Waals surface area contributed by atoms with Gasteiger partial charge in [0.2, 0.25) is 0 Å². The number of phenols is 1. The molecule has 3 aromatic rings. The normalized spacial score (nSPS) is 11.0. The molecule has 0 aliphatic rings. The van der Waals surface area contributed by atoms with E-state index in [1.165, 1.54) is 6.21 Å². The Morgan fingerprint density at radius 2 is 1.25 bits per heavy atom. The Kier molecular flexibility index (Phi) is 5.40. The van der Waals surface area contributed by atoms with Gasteiger partial charge in [0, 0.05) is 23.9 Å². The zero-order valence-corrected chi connectivity index (χ0v) is 14.5. The van der Waals surface area contributed by atoms with Crippen molar-refractivity contribution in [2.75, 3.05) is 0 Å².